The van der Waals surface area contributed by atoms with Crippen molar-refractivity contribution in [2.24, 2.45) is 5.92 Å². The van der Waals surface area contributed by atoms with E-state index in [1.54, 1.807) is 6.07 Å². The third-order valence-electron chi connectivity index (χ3n) is 3.58. The van der Waals surface area contributed by atoms with Crippen molar-refractivity contribution in [2.75, 3.05) is 5.73 Å². The second-order valence-corrected chi connectivity index (χ2v) is 6.23. The lowest BCUT2D eigenvalue weighted by Crippen LogP contribution is -2.10. The van der Waals surface area contributed by atoms with Gasteiger partial charge in [-0.15, -0.1) is 5.10 Å². The number of hydrogen-bond acceptors (Lipinski definition) is 4. The number of nitrogens with two attached hydrogens (primary N) is 1. The van der Waals surface area contributed by atoms with Gasteiger partial charge in [0.2, 0.25) is 0 Å². The van der Waals surface area contributed by atoms with E-state index in [0.717, 1.165) is 12.8 Å². The normalized spacial score (nSPS) is 12.8. The van der Waals surface area contributed by atoms with Crippen LogP contribution < -0.4 is 5.73 Å². The minimum atomic E-state index is 0.212. The van der Waals surface area contributed by atoms with Crippen LogP contribution >= 0.6 is 11.6 Å². The van der Waals surface area contributed by atoms with Gasteiger partial charge in [0.1, 0.15) is 0 Å². The van der Waals surface area contributed by atoms with Gasteiger partial charge in [-0.2, -0.15) is 0 Å². The molecule has 0 amide bonds. The highest BCUT2D eigenvalue weighted by Gasteiger charge is 2.18. The van der Waals surface area contributed by atoms with Gasteiger partial charge in [-0.1, -0.05) is 44.4 Å². The van der Waals surface area contributed by atoms with Gasteiger partial charge in [0.15, 0.2) is 5.82 Å². The van der Waals surface area contributed by atoms with Crippen LogP contribution in [0, 0.1) is 5.92 Å². The molecule has 2 rings (SSSR count). The Morgan fingerprint density at radius 3 is 2.67 bits per heavy atom. The van der Waals surface area contributed by atoms with Crippen molar-refractivity contribution >= 4 is 17.3 Å². The molecular formula is C15H22ClN5. The number of halogens is 1. The highest BCUT2D eigenvalue weighted by molar-refractivity contribution is 6.33. The molecule has 21 heavy (non-hydrogen) atoms. The van der Waals surface area contributed by atoms with Gasteiger partial charge in [0.05, 0.1) is 16.6 Å². The predicted octanol–water partition coefficient (Wildman–Crippen LogP) is 3.96. The summed E-state index contributed by atoms with van der Waals surface area (Å²) in [5, 5.41) is 12.6. The van der Waals surface area contributed by atoms with E-state index in [-0.39, 0.29) is 6.04 Å². The lowest BCUT2D eigenvalue weighted by molar-refractivity contribution is 0.414. The highest BCUT2D eigenvalue weighted by Crippen LogP contribution is 2.33. The van der Waals surface area contributed by atoms with Crippen LogP contribution in [0.3, 0.4) is 0 Å². The molecule has 0 aliphatic rings. The number of aromatic nitrogens is 4. The van der Waals surface area contributed by atoms with Crippen LogP contribution in [0.2, 0.25) is 5.02 Å². The molecule has 114 valence electrons. The van der Waals surface area contributed by atoms with Crippen LogP contribution in [0.4, 0.5) is 5.69 Å². The fraction of sp³-hybridized carbons (Fsp3) is 0.533. The molecule has 2 N–H and O–H groups in total. The van der Waals surface area contributed by atoms with E-state index in [0.29, 0.717) is 28.0 Å². The summed E-state index contributed by atoms with van der Waals surface area (Å²) in [6.07, 6.45) is 3.38. The van der Waals surface area contributed by atoms with E-state index < -0.39 is 0 Å². The largest absolute Gasteiger partial charge is 0.398 e. The summed E-state index contributed by atoms with van der Waals surface area (Å²) in [5.74, 6) is 1.35. The van der Waals surface area contributed by atoms with Crippen molar-refractivity contribution in [1.29, 1.82) is 0 Å². The zero-order valence-electron chi connectivity index (χ0n) is 12.8. The molecule has 1 unspecified atom stereocenters. The number of rotatable bonds is 6. The number of benzene rings is 1. The van der Waals surface area contributed by atoms with Crippen LogP contribution in [0.15, 0.2) is 18.2 Å². The van der Waals surface area contributed by atoms with Gasteiger partial charge in [-0.3, -0.25) is 0 Å². The Bertz CT molecular complexity index is 573. The zero-order valence-corrected chi connectivity index (χ0v) is 13.5. The number of anilines is 1. The zero-order chi connectivity index (χ0) is 15.4. The summed E-state index contributed by atoms with van der Waals surface area (Å²) in [7, 11) is 0. The first-order chi connectivity index (χ1) is 10.0. The Labute approximate surface area is 130 Å². The fourth-order valence-corrected chi connectivity index (χ4v) is 2.64. The second kappa shape index (κ2) is 6.89. The average molecular weight is 308 g/mol. The van der Waals surface area contributed by atoms with Crippen LogP contribution in [0.1, 0.15) is 46.1 Å². The summed E-state index contributed by atoms with van der Waals surface area (Å²) in [6, 6.07) is 5.64. The van der Waals surface area contributed by atoms with Crippen LogP contribution in [-0.2, 0) is 0 Å². The molecule has 0 aliphatic carbocycles. The van der Waals surface area contributed by atoms with Crippen LogP contribution in [0.25, 0.3) is 11.4 Å². The molecule has 2 aromatic rings. The fourth-order valence-electron chi connectivity index (χ4n) is 2.38. The molecule has 1 aromatic heterocycles. The molecule has 1 atom stereocenters. The van der Waals surface area contributed by atoms with Gasteiger partial charge < -0.3 is 5.73 Å². The highest BCUT2D eigenvalue weighted by atomic mass is 35.5. The second-order valence-electron chi connectivity index (χ2n) is 5.82. The Morgan fingerprint density at radius 2 is 2.00 bits per heavy atom. The first kappa shape index (κ1) is 15.8. The van der Waals surface area contributed by atoms with E-state index >= 15 is 0 Å². The monoisotopic (exact) mass is 307 g/mol. The van der Waals surface area contributed by atoms with E-state index in [1.165, 1.54) is 6.42 Å². The molecular weight excluding hydrogens is 286 g/mol. The van der Waals surface area contributed by atoms with E-state index in [1.807, 2.05) is 16.8 Å². The lowest BCUT2D eigenvalue weighted by Gasteiger charge is -2.15. The maximum absolute atomic E-state index is 6.25. The molecule has 0 saturated heterocycles. The SMILES string of the molecule is CC(C)CCCC(C)n1nnnc1-c1c(N)cccc1Cl. The lowest BCUT2D eigenvalue weighted by atomic mass is 10.0. The summed E-state index contributed by atoms with van der Waals surface area (Å²) >= 11 is 6.25. The summed E-state index contributed by atoms with van der Waals surface area (Å²) < 4.78 is 1.82. The van der Waals surface area contributed by atoms with Crippen molar-refractivity contribution in [1.82, 2.24) is 20.2 Å². The molecule has 0 radical (unpaired) electrons. The van der Waals surface area contributed by atoms with Crippen molar-refractivity contribution in [3.63, 3.8) is 0 Å². The van der Waals surface area contributed by atoms with E-state index in [2.05, 4.69) is 36.3 Å². The standard InChI is InChI=1S/C15H22ClN5/c1-10(2)6-4-7-11(3)21-15(18-19-20-21)14-12(16)8-5-9-13(14)17/h5,8-11H,4,6-7,17H2,1-3H3. The Kier molecular flexibility index (Phi) is 5.17. The molecule has 0 bridgehead atoms. The summed E-state index contributed by atoms with van der Waals surface area (Å²) in [4.78, 5) is 0. The average Bonchev–Trinajstić information content (AvgIpc) is 2.87. The Hall–Kier alpha value is -1.62. The first-order valence-electron chi connectivity index (χ1n) is 7.33. The molecule has 1 aromatic carbocycles. The van der Waals surface area contributed by atoms with Crippen molar-refractivity contribution < 1.29 is 0 Å². The van der Waals surface area contributed by atoms with Gasteiger partial charge in [0, 0.05) is 5.69 Å². The quantitative estimate of drug-likeness (QED) is 0.820. The third-order valence-corrected chi connectivity index (χ3v) is 3.90. The van der Waals surface area contributed by atoms with Gasteiger partial charge >= 0.3 is 0 Å². The molecule has 0 aliphatic heterocycles. The molecule has 1 heterocycles. The molecule has 0 saturated carbocycles. The summed E-state index contributed by atoms with van der Waals surface area (Å²) in [6.45, 7) is 6.59. The van der Waals surface area contributed by atoms with Crippen LogP contribution in [-0.4, -0.2) is 20.2 Å². The third kappa shape index (κ3) is 3.73. The smallest absolute Gasteiger partial charge is 0.185 e. The molecule has 0 fully saturated rings. The van der Waals surface area contributed by atoms with Gasteiger partial charge in [0.25, 0.3) is 0 Å². The minimum Gasteiger partial charge on any atom is -0.398 e. The Morgan fingerprint density at radius 1 is 1.24 bits per heavy atom. The number of hydrogen-bond donors (Lipinski definition) is 1. The Balaban J connectivity index is 2.22. The first-order valence-corrected chi connectivity index (χ1v) is 7.70. The summed E-state index contributed by atoms with van der Waals surface area (Å²) in [5.41, 5.74) is 7.33. The minimum absolute atomic E-state index is 0.212. The molecule has 0 spiro atoms. The van der Waals surface area contributed by atoms with Crippen molar-refractivity contribution in [3.8, 4) is 11.4 Å². The van der Waals surface area contributed by atoms with Gasteiger partial charge in [-0.05, 0) is 41.8 Å². The molecule has 5 nitrogen and oxygen atoms in total. The number of nitrogens with zero attached hydrogens (tertiary/aromatic N) is 4. The van der Waals surface area contributed by atoms with Gasteiger partial charge in [-0.25, -0.2) is 4.68 Å². The van der Waals surface area contributed by atoms with E-state index in [9.17, 15) is 0 Å². The van der Waals surface area contributed by atoms with E-state index in [4.69, 9.17) is 17.3 Å². The predicted molar refractivity (Wildman–Crippen MR) is 86.1 cm³/mol. The topological polar surface area (TPSA) is 69.6 Å². The van der Waals surface area contributed by atoms with Crippen LogP contribution in [0.5, 0.6) is 0 Å². The maximum Gasteiger partial charge on any atom is 0.185 e. The van der Waals surface area contributed by atoms with Crippen molar-refractivity contribution in [2.45, 2.75) is 46.1 Å². The molecule has 6 heteroatoms. The number of nitrogen functional groups attached to an aromatic ring is 1. The number of tetrazole rings is 1. The maximum atomic E-state index is 6.25. The van der Waals surface area contributed by atoms with Crippen molar-refractivity contribution in [3.05, 3.63) is 23.2 Å².